The van der Waals surface area contributed by atoms with Crippen molar-refractivity contribution >= 4 is 40.0 Å². The molecule has 1 aromatic rings. The van der Waals surface area contributed by atoms with E-state index in [1.54, 1.807) is 6.07 Å². The molecule has 6 heteroatoms. The van der Waals surface area contributed by atoms with Gasteiger partial charge in [-0.05, 0) is 19.1 Å². The van der Waals surface area contributed by atoms with Crippen LogP contribution in [0.15, 0.2) is 35.7 Å². The summed E-state index contributed by atoms with van der Waals surface area (Å²) >= 11 is 6.48. The first-order valence-corrected chi connectivity index (χ1v) is 7.04. The molecule has 19 heavy (non-hydrogen) atoms. The Morgan fingerprint density at radius 1 is 1.58 bits per heavy atom. The van der Waals surface area contributed by atoms with Crippen molar-refractivity contribution in [3.8, 4) is 5.75 Å². The van der Waals surface area contributed by atoms with Crippen LogP contribution in [0, 0.1) is 0 Å². The van der Waals surface area contributed by atoms with Gasteiger partial charge in [-0.3, -0.25) is 4.90 Å². The molecule has 0 radical (unpaired) electrons. The number of carbonyl (C=O) groups excluding carboxylic acids is 1. The second-order valence-corrected chi connectivity index (χ2v) is 5.67. The summed E-state index contributed by atoms with van der Waals surface area (Å²) in [6.45, 7) is 6.71. The third-order valence-corrected chi connectivity index (χ3v) is 3.74. The first-order valence-electron chi connectivity index (χ1n) is 5.81. The molecule has 100 valence electrons. The number of nitrogens with one attached hydrogen (secondary N) is 1. The molecule has 2 amide bonds. The summed E-state index contributed by atoms with van der Waals surface area (Å²) in [7, 11) is 0. The highest BCUT2D eigenvalue weighted by Crippen LogP contribution is 2.29. The third-order valence-electron chi connectivity index (χ3n) is 2.46. The molecule has 4 nitrogen and oxygen atoms in total. The summed E-state index contributed by atoms with van der Waals surface area (Å²) < 4.78 is 5.98. The van der Waals surface area contributed by atoms with Gasteiger partial charge in [0.15, 0.2) is 0 Å². The van der Waals surface area contributed by atoms with Crippen molar-refractivity contribution in [1.29, 1.82) is 0 Å². The van der Waals surface area contributed by atoms with Crippen LogP contribution in [0.3, 0.4) is 0 Å². The van der Waals surface area contributed by atoms with Crippen molar-refractivity contribution in [2.45, 2.75) is 6.92 Å². The van der Waals surface area contributed by atoms with Gasteiger partial charge in [0.05, 0.1) is 18.8 Å². The quantitative estimate of drug-likeness (QED) is 0.867. The topological polar surface area (TPSA) is 41.6 Å². The van der Waals surface area contributed by atoms with E-state index in [0.29, 0.717) is 28.9 Å². The monoisotopic (exact) mass is 294 g/mol. The average Bonchev–Trinajstić information content (AvgIpc) is 2.71. The number of urea groups is 1. The van der Waals surface area contributed by atoms with Gasteiger partial charge < -0.3 is 10.1 Å². The number of rotatable bonds is 3. The molecule has 0 bridgehead atoms. The van der Waals surface area contributed by atoms with Gasteiger partial charge in [-0.1, -0.05) is 42.7 Å². The molecular weight excluding hydrogens is 280 g/mol. The Labute approximate surface area is 121 Å². The largest absolute Gasteiger partial charge is 0.492 e. The van der Waals surface area contributed by atoms with Crippen molar-refractivity contribution < 1.29 is 9.53 Å². The van der Waals surface area contributed by atoms with Crippen LogP contribution >= 0.6 is 24.0 Å². The average molecular weight is 294 g/mol. The second kappa shape index (κ2) is 6.08. The third kappa shape index (κ3) is 3.27. The predicted octanol–water partition coefficient (Wildman–Crippen LogP) is 3.46. The van der Waals surface area contributed by atoms with E-state index in [0.717, 1.165) is 4.91 Å². The standard InChI is InChI=1S/C13H14N2O2S2/c1-3-17-11-7-5-4-6-10(11)14-12(16)15-8-9(2)19-13(15)18/h4-7H,2-3,8H2,1H3,(H,14,16). The molecule has 1 saturated heterocycles. The molecule has 1 fully saturated rings. The highest BCUT2D eigenvalue weighted by Gasteiger charge is 2.27. The zero-order valence-electron chi connectivity index (χ0n) is 10.5. The molecule has 0 spiro atoms. The molecule has 2 rings (SSSR count). The summed E-state index contributed by atoms with van der Waals surface area (Å²) in [6, 6.07) is 7.05. The maximum Gasteiger partial charge on any atom is 0.327 e. The Morgan fingerprint density at radius 2 is 2.32 bits per heavy atom. The van der Waals surface area contributed by atoms with Crippen LogP contribution in [0.2, 0.25) is 0 Å². The molecule has 0 saturated carbocycles. The highest BCUT2D eigenvalue weighted by molar-refractivity contribution is 8.25. The summed E-state index contributed by atoms with van der Waals surface area (Å²) in [4.78, 5) is 14.5. The van der Waals surface area contributed by atoms with E-state index >= 15 is 0 Å². The molecule has 0 unspecified atom stereocenters. The highest BCUT2D eigenvalue weighted by atomic mass is 32.2. The Bertz CT molecular complexity index is 531. The van der Waals surface area contributed by atoms with Gasteiger partial charge in [0.1, 0.15) is 10.1 Å². The van der Waals surface area contributed by atoms with E-state index in [4.69, 9.17) is 17.0 Å². The number of hydrogen-bond donors (Lipinski definition) is 1. The fourth-order valence-electron chi connectivity index (χ4n) is 1.64. The van der Waals surface area contributed by atoms with E-state index in [-0.39, 0.29) is 6.03 Å². The molecule has 0 aliphatic carbocycles. The number of thioether (sulfide) groups is 1. The van der Waals surface area contributed by atoms with E-state index in [2.05, 4.69) is 11.9 Å². The Morgan fingerprint density at radius 3 is 2.95 bits per heavy atom. The van der Waals surface area contributed by atoms with E-state index in [1.807, 2.05) is 25.1 Å². The molecule has 1 aromatic carbocycles. The number of anilines is 1. The van der Waals surface area contributed by atoms with E-state index < -0.39 is 0 Å². The van der Waals surface area contributed by atoms with Gasteiger partial charge >= 0.3 is 6.03 Å². The zero-order valence-corrected chi connectivity index (χ0v) is 12.1. The zero-order chi connectivity index (χ0) is 13.8. The lowest BCUT2D eigenvalue weighted by Crippen LogP contribution is -2.34. The summed E-state index contributed by atoms with van der Waals surface area (Å²) in [5.41, 5.74) is 0.639. The van der Waals surface area contributed by atoms with Crippen LogP contribution in [0.4, 0.5) is 10.5 Å². The minimum atomic E-state index is -0.261. The number of thiocarbonyl (C=S) groups is 1. The van der Waals surface area contributed by atoms with Gasteiger partial charge in [0, 0.05) is 4.91 Å². The lowest BCUT2D eigenvalue weighted by Gasteiger charge is -2.17. The smallest absolute Gasteiger partial charge is 0.327 e. The molecule has 1 heterocycles. The summed E-state index contributed by atoms with van der Waals surface area (Å²) in [5, 5.41) is 2.81. The van der Waals surface area contributed by atoms with Crippen molar-refractivity contribution in [3.63, 3.8) is 0 Å². The summed E-state index contributed by atoms with van der Waals surface area (Å²) in [6.07, 6.45) is 0. The number of carbonyl (C=O) groups is 1. The lowest BCUT2D eigenvalue weighted by atomic mass is 10.3. The van der Waals surface area contributed by atoms with Crippen LogP contribution in [0.5, 0.6) is 5.75 Å². The van der Waals surface area contributed by atoms with Gasteiger partial charge in [-0.25, -0.2) is 4.79 Å². The first-order chi connectivity index (χ1) is 9.11. The first kappa shape index (κ1) is 13.9. The number of nitrogens with zero attached hydrogens (tertiary/aromatic N) is 1. The van der Waals surface area contributed by atoms with Crippen LogP contribution in [0.1, 0.15) is 6.92 Å². The van der Waals surface area contributed by atoms with Crippen molar-refractivity contribution in [1.82, 2.24) is 4.90 Å². The summed E-state index contributed by atoms with van der Waals surface area (Å²) in [5.74, 6) is 0.648. The number of para-hydroxylation sites is 2. The van der Waals surface area contributed by atoms with Gasteiger partial charge in [-0.2, -0.15) is 0 Å². The lowest BCUT2D eigenvalue weighted by molar-refractivity contribution is 0.237. The van der Waals surface area contributed by atoms with Crippen molar-refractivity contribution in [2.24, 2.45) is 0 Å². The normalized spacial score (nSPS) is 14.7. The Kier molecular flexibility index (Phi) is 4.44. The maximum absolute atomic E-state index is 12.1. The SMILES string of the molecule is C=C1CN(C(=O)Nc2ccccc2OCC)C(=S)S1. The maximum atomic E-state index is 12.1. The van der Waals surface area contributed by atoms with Gasteiger partial charge in [0.2, 0.25) is 0 Å². The fourth-order valence-corrected chi connectivity index (χ4v) is 2.84. The molecule has 1 aliphatic rings. The second-order valence-electron chi connectivity index (χ2n) is 3.85. The number of amides is 2. The van der Waals surface area contributed by atoms with Crippen molar-refractivity contribution in [2.75, 3.05) is 18.5 Å². The van der Waals surface area contributed by atoms with Crippen LogP contribution in [-0.2, 0) is 0 Å². The minimum Gasteiger partial charge on any atom is -0.492 e. The Balaban J connectivity index is 2.11. The molecule has 1 aliphatic heterocycles. The van der Waals surface area contributed by atoms with Crippen molar-refractivity contribution in [3.05, 3.63) is 35.7 Å². The van der Waals surface area contributed by atoms with Gasteiger partial charge in [0.25, 0.3) is 0 Å². The number of hydrogen-bond acceptors (Lipinski definition) is 4. The molecule has 0 aromatic heterocycles. The van der Waals surface area contributed by atoms with E-state index in [9.17, 15) is 4.79 Å². The molecule has 0 atom stereocenters. The van der Waals surface area contributed by atoms with Crippen LogP contribution < -0.4 is 10.1 Å². The van der Waals surface area contributed by atoms with Gasteiger partial charge in [-0.15, -0.1) is 0 Å². The van der Waals surface area contributed by atoms with E-state index in [1.165, 1.54) is 16.7 Å². The molecular formula is C13H14N2O2S2. The number of ether oxygens (including phenoxy) is 1. The molecule has 1 N–H and O–H groups in total. The Hall–Kier alpha value is -1.53. The predicted molar refractivity (Wildman–Crippen MR) is 82.7 cm³/mol. The fraction of sp³-hybridized carbons (Fsp3) is 0.231. The minimum absolute atomic E-state index is 0.261. The van der Waals surface area contributed by atoms with Crippen LogP contribution in [0.25, 0.3) is 0 Å². The number of benzene rings is 1. The van der Waals surface area contributed by atoms with Crippen LogP contribution in [-0.4, -0.2) is 28.4 Å².